The van der Waals surface area contributed by atoms with Gasteiger partial charge in [0.05, 0.1) is 39.8 Å². The van der Waals surface area contributed by atoms with Crippen molar-refractivity contribution in [1.29, 1.82) is 0 Å². The average molecular weight is 458 g/mol. The predicted molar refractivity (Wildman–Crippen MR) is 120 cm³/mol. The molecule has 0 aliphatic carbocycles. The van der Waals surface area contributed by atoms with Gasteiger partial charge in [-0.05, 0) is 37.5 Å². The van der Waals surface area contributed by atoms with Gasteiger partial charge in [0, 0.05) is 25.5 Å². The Kier molecular flexibility index (Phi) is 5.54. The first-order valence-corrected chi connectivity index (χ1v) is 12.4. The number of hydrogen-bond donors (Lipinski definition) is 1. The Morgan fingerprint density at radius 1 is 1.25 bits per heavy atom. The molecule has 0 fully saturated rings. The van der Waals surface area contributed by atoms with E-state index in [1.54, 1.807) is 25.3 Å². The topological polar surface area (TPSA) is 118 Å². The lowest BCUT2D eigenvalue weighted by Crippen LogP contribution is -2.42. The van der Waals surface area contributed by atoms with Crippen LogP contribution in [0.1, 0.15) is 54.3 Å². The summed E-state index contributed by atoms with van der Waals surface area (Å²) in [7, 11) is -3.50. The number of aromatic nitrogens is 4. The number of rotatable bonds is 5. The highest BCUT2D eigenvalue weighted by Gasteiger charge is 2.35. The molecule has 0 saturated carbocycles. The Bertz CT molecular complexity index is 1330. The van der Waals surface area contributed by atoms with Crippen LogP contribution < -0.4 is 4.90 Å². The molecule has 3 aromatic rings. The lowest BCUT2D eigenvalue weighted by atomic mass is 10.00. The standard InChI is InChI=1S/C22H27N5O4S/c1-12(2)20-21-25-17-8-15(11-28)19(32(5,30)31)9-18(17)26(21)6-7-27(20)22-23-10-16(14(4)29)13(3)24-22/h8-10,12,20,28H,6-7,11H2,1-5H3. The molecule has 1 atom stereocenters. The van der Waals surface area contributed by atoms with Crippen molar-refractivity contribution in [2.75, 3.05) is 17.7 Å². The normalized spacial score (nSPS) is 16.6. The number of sulfone groups is 1. The number of imidazole rings is 1. The van der Waals surface area contributed by atoms with Gasteiger partial charge < -0.3 is 14.6 Å². The summed E-state index contributed by atoms with van der Waals surface area (Å²) < 4.78 is 26.6. The number of hydrogen-bond acceptors (Lipinski definition) is 8. The minimum absolute atomic E-state index is 0.0729. The molecule has 2 aromatic heterocycles. The van der Waals surface area contributed by atoms with Gasteiger partial charge in [0.15, 0.2) is 15.6 Å². The number of anilines is 1. The summed E-state index contributed by atoms with van der Waals surface area (Å²) in [5, 5.41) is 9.71. The zero-order valence-electron chi connectivity index (χ0n) is 18.8. The van der Waals surface area contributed by atoms with Crippen LogP contribution in [0.4, 0.5) is 5.95 Å². The molecule has 0 spiro atoms. The summed E-state index contributed by atoms with van der Waals surface area (Å²) in [5.74, 6) is 1.43. The van der Waals surface area contributed by atoms with E-state index in [0.717, 1.165) is 17.6 Å². The van der Waals surface area contributed by atoms with E-state index in [0.29, 0.717) is 41.4 Å². The molecule has 170 valence electrons. The molecular formula is C22H27N5O4S. The van der Waals surface area contributed by atoms with Crippen LogP contribution in [0, 0.1) is 12.8 Å². The van der Waals surface area contributed by atoms with Gasteiger partial charge in [-0.15, -0.1) is 0 Å². The third kappa shape index (κ3) is 3.67. The van der Waals surface area contributed by atoms with Crippen LogP contribution in [0.5, 0.6) is 0 Å². The number of benzene rings is 1. The van der Waals surface area contributed by atoms with Crippen molar-refractivity contribution in [1.82, 2.24) is 19.5 Å². The van der Waals surface area contributed by atoms with Crippen LogP contribution in [-0.4, -0.2) is 51.6 Å². The van der Waals surface area contributed by atoms with Gasteiger partial charge in [0.25, 0.3) is 0 Å². The number of carbonyl (C=O) groups excluding carboxylic acids is 1. The van der Waals surface area contributed by atoms with E-state index in [4.69, 9.17) is 4.98 Å². The van der Waals surface area contributed by atoms with Crippen LogP contribution in [0.3, 0.4) is 0 Å². The number of ketones is 1. The fourth-order valence-electron chi connectivity index (χ4n) is 4.45. The van der Waals surface area contributed by atoms with E-state index in [-0.39, 0.29) is 29.2 Å². The minimum Gasteiger partial charge on any atom is -0.392 e. The maximum Gasteiger partial charge on any atom is 0.226 e. The molecule has 1 N–H and O–H groups in total. The van der Waals surface area contributed by atoms with E-state index < -0.39 is 9.84 Å². The van der Waals surface area contributed by atoms with Gasteiger partial charge in [-0.25, -0.2) is 23.4 Å². The molecule has 1 aliphatic rings. The monoisotopic (exact) mass is 457 g/mol. The SMILES string of the molecule is CC(=O)c1cnc(N2CCn3c(nc4cc(CO)c(S(C)(=O)=O)cc43)C2C(C)C)nc1C. The third-order valence-corrected chi connectivity index (χ3v) is 7.11. The number of aliphatic hydroxyl groups excluding tert-OH is 1. The van der Waals surface area contributed by atoms with Crippen LogP contribution in [0.2, 0.25) is 0 Å². The smallest absolute Gasteiger partial charge is 0.226 e. The van der Waals surface area contributed by atoms with Crippen molar-refractivity contribution in [3.8, 4) is 0 Å². The second kappa shape index (κ2) is 7.93. The van der Waals surface area contributed by atoms with Crippen LogP contribution in [0.15, 0.2) is 23.2 Å². The van der Waals surface area contributed by atoms with E-state index in [2.05, 4.69) is 28.7 Å². The lowest BCUT2D eigenvalue weighted by Gasteiger charge is -2.38. The number of aryl methyl sites for hydroxylation is 1. The lowest BCUT2D eigenvalue weighted by molar-refractivity contribution is 0.101. The first kappa shape index (κ1) is 22.3. The van der Waals surface area contributed by atoms with Crippen molar-refractivity contribution in [2.45, 2.75) is 51.8 Å². The van der Waals surface area contributed by atoms with E-state index in [1.165, 1.54) is 6.92 Å². The first-order chi connectivity index (χ1) is 15.0. The molecule has 32 heavy (non-hydrogen) atoms. The quantitative estimate of drug-likeness (QED) is 0.581. The highest BCUT2D eigenvalue weighted by Crippen LogP contribution is 2.37. The Labute approximate surface area is 187 Å². The van der Waals surface area contributed by atoms with Crippen LogP contribution in [-0.2, 0) is 23.0 Å². The molecular weight excluding hydrogens is 430 g/mol. The van der Waals surface area contributed by atoms with E-state index in [1.807, 2.05) is 4.57 Å². The van der Waals surface area contributed by atoms with Crippen molar-refractivity contribution < 1.29 is 18.3 Å². The maximum atomic E-state index is 12.3. The molecule has 1 unspecified atom stereocenters. The van der Waals surface area contributed by atoms with Gasteiger partial charge >= 0.3 is 0 Å². The summed E-state index contributed by atoms with van der Waals surface area (Å²) >= 11 is 0. The number of carbonyl (C=O) groups is 1. The highest BCUT2D eigenvalue weighted by atomic mass is 32.2. The molecule has 9 nitrogen and oxygen atoms in total. The van der Waals surface area contributed by atoms with Gasteiger partial charge in [0.1, 0.15) is 5.82 Å². The summed E-state index contributed by atoms with van der Waals surface area (Å²) in [6.07, 6.45) is 2.71. The van der Waals surface area contributed by atoms with E-state index >= 15 is 0 Å². The molecule has 3 heterocycles. The van der Waals surface area contributed by atoms with Crippen LogP contribution in [0.25, 0.3) is 11.0 Å². The largest absolute Gasteiger partial charge is 0.392 e. The fourth-order valence-corrected chi connectivity index (χ4v) is 5.38. The van der Waals surface area contributed by atoms with Crippen molar-refractivity contribution in [3.63, 3.8) is 0 Å². The molecule has 1 aliphatic heterocycles. The number of fused-ring (bicyclic) bond motifs is 3. The number of aliphatic hydroxyl groups is 1. The molecule has 0 amide bonds. The van der Waals surface area contributed by atoms with Crippen molar-refractivity contribution in [2.24, 2.45) is 5.92 Å². The maximum absolute atomic E-state index is 12.3. The molecule has 10 heteroatoms. The molecule has 0 saturated heterocycles. The zero-order chi connectivity index (χ0) is 23.4. The highest BCUT2D eigenvalue weighted by molar-refractivity contribution is 7.90. The zero-order valence-corrected chi connectivity index (χ0v) is 19.6. The minimum atomic E-state index is -3.50. The Balaban J connectivity index is 1.86. The van der Waals surface area contributed by atoms with Gasteiger partial charge in [-0.3, -0.25) is 4.79 Å². The van der Waals surface area contributed by atoms with Crippen LogP contribution >= 0.6 is 0 Å². The molecule has 0 bridgehead atoms. The van der Waals surface area contributed by atoms with Crippen molar-refractivity contribution >= 4 is 32.6 Å². The predicted octanol–water partition coefficient (Wildman–Crippen LogP) is 2.45. The summed E-state index contributed by atoms with van der Waals surface area (Å²) in [5.41, 5.74) is 2.85. The molecule has 1 aromatic carbocycles. The second-order valence-corrected chi connectivity index (χ2v) is 10.6. The summed E-state index contributed by atoms with van der Waals surface area (Å²) in [4.78, 5) is 27.9. The van der Waals surface area contributed by atoms with Crippen molar-refractivity contribution in [3.05, 3.63) is 41.0 Å². The Hall–Kier alpha value is -2.85. The Morgan fingerprint density at radius 2 is 1.97 bits per heavy atom. The number of Topliss-reactive ketones (excluding diaryl/α,β-unsaturated/α-hetero) is 1. The second-order valence-electron chi connectivity index (χ2n) is 8.61. The molecule has 4 rings (SSSR count). The summed E-state index contributed by atoms with van der Waals surface area (Å²) in [6.45, 7) is 8.28. The van der Waals surface area contributed by atoms with Gasteiger partial charge in [-0.2, -0.15) is 0 Å². The summed E-state index contributed by atoms with van der Waals surface area (Å²) in [6, 6.07) is 3.13. The first-order valence-electron chi connectivity index (χ1n) is 10.5. The van der Waals surface area contributed by atoms with E-state index in [9.17, 15) is 18.3 Å². The van der Waals surface area contributed by atoms with Gasteiger partial charge in [-0.1, -0.05) is 13.8 Å². The average Bonchev–Trinajstić information content (AvgIpc) is 3.08. The number of nitrogens with zero attached hydrogens (tertiary/aromatic N) is 5. The third-order valence-electron chi connectivity index (χ3n) is 5.93. The fraction of sp³-hybridized carbons (Fsp3) is 0.455. The Morgan fingerprint density at radius 3 is 2.53 bits per heavy atom. The van der Waals surface area contributed by atoms with Gasteiger partial charge in [0.2, 0.25) is 5.95 Å². The molecule has 0 radical (unpaired) electrons.